The van der Waals surface area contributed by atoms with Gasteiger partial charge in [0.05, 0.1) is 0 Å². The maximum Gasteiger partial charge on any atom is 0.255 e. The molecule has 0 spiro atoms. The van der Waals surface area contributed by atoms with Crippen molar-refractivity contribution in [2.24, 2.45) is 11.8 Å². The number of hydrogen-bond donors (Lipinski definition) is 1. The Bertz CT molecular complexity index is 893. The topological polar surface area (TPSA) is 49.4 Å². The van der Waals surface area contributed by atoms with E-state index in [4.69, 9.17) is 0 Å². The number of nitrogens with one attached hydrogen (secondary N) is 1. The lowest BCUT2D eigenvalue weighted by molar-refractivity contribution is 0.0217. The molecule has 1 aliphatic carbocycles. The van der Waals surface area contributed by atoms with E-state index < -0.39 is 0 Å². The molecule has 0 bridgehead atoms. The predicted octanol–water partition coefficient (Wildman–Crippen LogP) is 5.29. The Kier molecular flexibility index (Phi) is 5.70. The van der Waals surface area contributed by atoms with Crippen LogP contribution >= 0.6 is 0 Å². The van der Waals surface area contributed by atoms with Crippen molar-refractivity contribution in [1.82, 2.24) is 4.90 Å². The van der Waals surface area contributed by atoms with E-state index in [-0.39, 0.29) is 11.8 Å². The van der Waals surface area contributed by atoms with Gasteiger partial charge in [-0.2, -0.15) is 0 Å². The average molecular weight is 391 g/mol. The summed E-state index contributed by atoms with van der Waals surface area (Å²) in [6.45, 7) is 5.13. The van der Waals surface area contributed by atoms with E-state index in [0.717, 1.165) is 24.9 Å². The van der Waals surface area contributed by atoms with Gasteiger partial charge in [-0.15, -0.1) is 0 Å². The fourth-order valence-corrected chi connectivity index (χ4v) is 5.01. The molecular formula is C25H30N2O2. The minimum Gasteiger partial charge on any atom is -0.335 e. The van der Waals surface area contributed by atoms with Gasteiger partial charge in [0, 0.05) is 29.4 Å². The number of fused-ring (bicyclic) bond motifs is 1. The fourth-order valence-electron chi connectivity index (χ4n) is 5.01. The van der Waals surface area contributed by atoms with Gasteiger partial charge in [-0.3, -0.25) is 9.59 Å². The maximum atomic E-state index is 13.4. The van der Waals surface area contributed by atoms with Crippen molar-refractivity contribution in [1.29, 1.82) is 0 Å². The molecule has 1 aliphatic heterocycles. The largest absolute Gasteiger partial charge is 0.335 e. The molecule has 3 atom stereocenters. The SMILES string of the molecule is Cc1ccc(C(=O)N2CCC(C)C3CCCCC32)cc1NC(=O)c1ccccc1. The summed E-state index contributed by atoms with van der Waals surface area (Å²) in [4.78, 5) is 28.1. The van der Waals surface area contributed by atoms with Gasteiger partial charge >= 0.3 is 0 Å². The number of anilines is 1. The highest BCUT2D eigenvalue weighted by Crippen LogP contribution is 2.39. The Labute approximate surface area is 173 Å². The Morgan fingerprint density at radius 1 is 0.966 bits per heavy atom. The maximum absolute atomic E-state index is 13.4. The number of benzene rings is 2. The highest BCUT2D eigenvalue weighted by molar-refractivity contribution is 6.05. The van der Waals surface area contributed by atoms with Crippen LogP contribution in [0.3, 0.4) is 0 Å². The molecule has 1 heterocycles. The number of piperidine rings is 1. The van der Waals surface area contributed by atoms with Gasteiger partial charge in [-0.25, -0.2) is 0 Å². The summed E-state index contributed by atoms with van der Waals surface area (Å²) >= 11 is 0. The number of carbonyl (C=O) groups is 2. The molecule has 4 rings (SSSR count). The van der Waals surface area contributed by atoms with Crippen LogP contribution in [0.2, 0.25) is 0 Å². The molecule has 29 heavy (non-hydrogen) atoms. The van der Waals surface area contributed by atoms with Crippen LogP contribution in [0.1, 0.15) is 65.3 Å². The molecule has 2 amide bonds. The van der Waals surface area contributed by atoms with E-state index in [1.807, 2.05) is 43.3 Å². The molecule has 2 fully saturated rings. The van der Waals surface area contributed by atoms with Gasteiger partial charge in [-0.05, 0) is 67.9 Å². The van der Waals surface area contributed by atoms with E-state index in [1.54, 1.807) is 12.1 Å². The minimum atomic E-state index is -0.155. The first-order valence-electron chi connectivity index (χ1n) is 10.8. The van der Waals surface area contributed by atoms with Crippen LogP contribution in [0.4, 0.5) is 5.69 Å². The lowest BCUT2D eigenvalue weighted by Crippen LogP contribution is -2.52. The fraction of sp³-hybridized carbons (Fsp3) is 0.440. The molecule has 1 saturated heterocycles. The van der Waals surface area contributed by atoms with Crippen LogP contribution in [0.15, 0.2) is 48.5 Å². The quantitative estimate of drug-likeness (QED) is 0.774. The molecule has 1 saturated carbocycles. The highest BCUT2D eigenvalue weighted by atomic mass is 16.2. The minimum absolute atomic E-state index is 0.101. The first-order chi connectivity index (χ1) is 14.0. The zero-order valence-electron chi connectivity index (χ0n) is 17.4. The van der Waals surface area contributed by atoms with Crippen molar-refractivity contribution in [3.05, 3.63) is 65.2 Å². The predicted molar refractivity (Wildman–Crippen MR) is 116 cm³/mol. The van der Waals surface area contributed by atoms with Gasteiger partial charge in [0.15, 0.2) is 0 Å². The molecule has 4 heteroatoms. The van der Waals surface area contributed by atoms with Crippen LogP contribution < -0.4 is 5.32 Å². The van der Waals surface area contributed by atoms with Gasteiger partial charge in [0.2, 0.25) is 0 Å². The van der Waals surface area contributed by atoms with Gasteiger partial charge in [0.25, 0.3) is 11.8 Å². The third kappa shape index (κ3) is 4.07. The second-order valence-electron chi connectivity index (χ2n) is 8.63. The molecule has 0 aromatic heterocycles. The summed E-state index contributed by atoms with van der Waals surface area (Å²) in [5.74, 6) is 1.27. The number of likely N-dealkylation sites (tertiary alicyclic amines) is 1. The normalized spacial score (nSPS) is 23.9. The van der Waals surface area contributed by atoms with Crippen molar-refractivity contribution in [2.75, 3.05) is 11.9 Å². The van der Waals surface area contributed by atoms with Crippen molar-refractivity contribution in [3.63, 3.8) is 0 Å². The molecule has 3 unspecified atom stereocenters. The summed E-state index contributed by atoms with van der Waals surface area (Å²) in [7, 11) is 0. The average Bonchev–Trinajstić information content (AvgIpc) is 2.76. The van der Waals surface area contributed by atoms with E-state index >= 15 is 0 Å². The molecular weight excluding hydrogens is 360 g/mol. The zero-order chi connectivity index (χ0) is 20.4. The standard InChI is InChI=1S/C25H30N2O2/c1-17-14-15-27(23-11-7-6-10-21(17)23)25(29)20-13-12-18(2)22(16-20)26-24(28)19-8-4-3-5-9-19/h3-5,8-9,12-13,16-17,21,23H,6-7,10-11,14-15H2,1-2H3,(H,26,28). The molecule has 2 aromatic rings. The number of carbonyl (C=O) groups excluding carboxylic acids is 2. The van der Waals surface area contributed by atoms with Crippen LogP contribution in [0.5, 0.6) is 0 Å². The summed E-state index contributed by atoms with van der Waals surface area (Å²) in [5, 5.41) is 2.98. The Morgan fingerprint density at radius 3 is 2.52 bits per heavy atom. The monoisotopic (exact) mass is 390 g/mol. The van der Waals surface area contributed by atoms with E-state index in [9.17, 15) is 9.59 Å². The summed E-state index contributed by atoms with van der Waals surface area (Å²) in [6, 6.07) is 15.2. The van der Waals surface area contributed by atoms with Crippen molar-refractivity contribution in [3.8, 4) is 0 Å². The molecule has 2 aromatic carbocycles. The number of rotatable bonds is 3. The van der Waals surface area contributed by atoms with Crippen molar-refractivity contribution in [2.45, 2.75) is 52.0 Å². The molecule has 0 radical (unpaired) electrons. The Balaban J connectivity index is 1.55. The number of hydrogen-bond acceptors (Lipinski definition) is 2. The first-order valence-corrected chi connectivity index (χ1v) is 10.8. The third-order valence-electron chi connectivity index (χ3n) is 6.77. The molecule has 152 valence electrons. The first kappa shape index (κ1) is 19.7. The molecule has 2 aliphatic rings. The van der Waals surface area contributed by atoms with Crippen molar-refractivity contribution >= 4 is 17.5 Å². The van der Waals surface area contributed by atoms with Gasteiger partial charge in [-0.1, -0.05) is 44.0 Å². The summed E-state index contributed by atoms with van der Waals surface area (Å²) in [6.07, 6.45) is 5.93. The molecule has 1 N–H and O–H groups in total. The molecule has 4 nitrogen and oxygen atoms in total. The van der Waals surface area contributed by atoms with E-state index in [0.29, 0.717) is 34.7 Å². The van der Waals surface area contributed by atoms with Crippen LogP contribution in [0, 0.1) is 18.8 Å². The lowest BCUT2D eigenvalue weighted by Gasteiger charge is -2.47. The highest BCUT2D eigenvalue weighted by Gasteiger charge is 2.39. The number of aryl methyl sites for hydroxylation is 1. The Hall–Kier alpha value is -2.62. The number of nitrogens with zero attached hydrogens (tertiary/aromatic N) is 1. The Morgan fingerprint density at radius 2 is 1.72 bits per heavy atom. The summed E-state index contributed by atoms with van der Waals surface area (Å²) < 4.78 is 0. The van der Waals surface area contributed by atoms with Crippen LogP contribution in [-0.4, -0.2) is 29.3 Å². The van der Waals surface area contributed by atoms with Gasteiger partial charge in [0.1, 0.15) is 0 Å². The smallest absolute Gasteiger partial charge is 0.255 e. The van der Waals surface area contributed by atoms with E-state index in [2.05, 4.69) is 17.1 Å². The van der Waals surface area contributed by atoms with Crippen LogP contribution in [0.25, 0.3) is 0 Å². The van der Waals surface area contributed by atoms with Gasteiger partial charge < -0.3 is 10.2 Å². The van der Waals surface area contributed by atoms with Crippen LogP contribution in [-0.2, 0) is 0 Å². The second-order valence-corrected chi connectivity index (χ2v) is 8.63. The number of amides is 2. The third-order valence-corrected chi connectivity index (χ3v) is 6.77. The summed E-state index contributed by atoms with van der Waals surface area (Å²) in [5.41, 5.74) is 2.93. The second kappa shape index (κ2) is 8.40. The lowest BCUT2D eigenvalue weighted by atomic mass is 9.72. The zero-order valence-corrected chi connectivity index (χ0v) is 17.4. The van der Waals surface area contributed by atoms with E-state index in [1.165, 1.54) is 19.3 Å². The van der Waals surface area contributed by atoms with Crippen molar-refractivity contribution < 1.29 is 9.59 Å².